The zero-order valence-electron chi connectivity index (χ0n) is 12.9. The van der Waals surface area contributed by atoms with Gasteiger partial charge in [-0.15, -0.1) is 0 Å². The highest BCUT2D eigenvalue weighted by molar-refractivity contribution is 6.30. The minimum absolute atomic E-state index is 0.353. The predicted octanol–water partition coefficient (Wildman–Crippen LogP) is 2.48. The number of hydrogen-bond donors (Lipinski definition) is 1. The summed E-state index contributed by atoms with van der Waals surface area (Å²) in [4.78, 5) is 0. The maximum absolute atomic E-state index is 9.91. The summed E-state index contributed by atoms with van der Waals surface area (Å²) in [5.74, 6) is -0.712. The fourth-order valence-corrected chi connectivity index (χ4v) is 3.11. The fourth-order valence-electron chi connectivity index (χ4n) is 2.90. The smallest absolute Gasteiger partial charge is 0.190 e. The van der Waals surface area contributed by atoms with Crippen LogP contribution in [0.3, 0.4) is 0 Å². The summed E-state index contributed by atoms with van der Waals surface area (Å²) < 4.78 is 23.3. The van der Waals surface area contributed by atoms with Gasteiger partial charge in [-0.3, -0.25) is 0 Å². The molecule has 1 aromatic rings. The van der Waals surface area contributed by atoms with E-state index in [1.807, 2.05) is 38.1 Å². The molecule has 2 saturated heterocycles. The van der Waals surface area contributed by atoms with Crippen LogP contribution in [0.5, 0.6) is 0 Å². The van der Waals surface area contributed by atoms with Crippen molar-refractivity contribution in [2.75, 3.05) is 0 Å². The van der Waals surface area contributed by atoms with Gasteiger partial charge in [0.25, 0.3) is 0 Å². The molecule has 0 amide bonds. The first-order chi connectivity index (χ1) is 10.4. The van der Waals surface area contributed by atoms with Gasteiger partial charge in [-0.25, -0.2) is 0 Å². The zero-order chi connectivity index (χ0) is 15.9. The third-order valence-corrected chi connectivity index (χ3v) is 4.07. The monoisotopic (exact) mass is 328 g/mol. The lowest BCUT2D eigenvalue weighted by atomic mass is 10.1. The molecule has 1 aromatic carbocycles. The van der Waals surface area contributed by atoms with Crippen molar-refractivity contribution in [3.05, 3.63) is 34.9 Å². The molecule has 2 fully saturated rings. The molecule has 0 unspecified atom stereocenters. The summed E-state index contributed by atoms with van der Waals surface area (Å²) in [5.41, 5.74) is 0.957. The number of hydrogen-bond acceptors (Lipinski definition) is 5. The Kier molecular flexibility index (Phi) is 4.47. The van der Waals surface area contributed by atoms with E-state index in [0.29, 0.717) is 11.6 Å². The molecule has 5 nitrogen and oxygen atoms in total. The first kappa shape index (κ1) is 16.2. The lowest BCUT2D eigenvalue weighted by molar-refractivity contribution is -0.229. The number of halogens is 1. The van der Waals surface area contributed by atoms with Crippen molar-refractivity contribution in [2.45, 2.75) is 63.9 Å². The Labute approximate surface area is 135 Å². The second-order valence-electron chi connectivity index (χ2n) is 6.22. The average molecular weight is 329 g/mol. The lowest BCUT2D eigenvalue weighted by Gasteiger charge is -2.27. The highest BCUT2D eigenvalue weighted by atomic mass is 35.5. The molecule has 0 bridgehead atoms. The molecule has 0 aliphatic carbocycles. The Balaban J connectivity index is 1.71. The van der Waals surface area contributed by atoms with Crippen LogP contribution >= 0.6 is 11.6 Å². The van der Waals surface area contributed by atoms with Gasteiger partial charge in [0.1, 0.15) is 18.3 Å². The van der Waals surface area contributed by atoms with Crippen molar-refractivity contribution >= 4 is 11.6 Å². The first-order valence-electron chi connectivity index (χ1n) is 7.41. The third-order valence-electron chi connectivity index (χ3n) is 3.83. The number of benzene rings is 1. The van der Waals surface area contributed by atoms with Crippen LogP contribution in [0.4, 0.5) is 0 Å². The molecule has 5 atom stereocenters. The van der Waals surface area contributed by atoms with E-state index in [4.69, 9.17) is 30.5 Å². The fraction of sp³-hybridized carbons (Fsp3) is 0.625. The van der Waals surface area contributed by atoms with Crippen LogP contribution in [0.1, 0.15) is 26.3 Å². The molecule has 6 heteroatoms. The molecule has 122 valence electrons. The molecule has 0 aromatic heterocycles. The van der Waals surface area contributed by atoms with Gasteiger partial charge in [-0.05, 0) is 38.5 Å². The van der Waals surface area contributed by atoms with E-state index >= 15 is 0 Å². The van der Waals surface area contributed by atoms with Crippen LogP contribution in [0.25, 0.3) is 0 Å². The molecule has 0 radical (unpaired) electrons. The highest BCUT2D eigenvalue weighted by Gasteiger charge is 2.56. The quantitative estimate of drug-likeness (QED) is 0.920. The lowest BCUT2D eigenvalue weighted by Crippen LogP contribution is -2.41. The Morgan fingerprint density at radius 1 is 1.36 bits per heavy atom. The molecule has 0 saturated carbocycles. The van der Waals surface area contributed by atoms with E-state index in [0.717, 1.165) is 5.56 Å². The summed E-state index contributed by atoms with van der Waals surface area (Å²) in [6, 6.07) is 7.48. The number of rotatable bonds is 4. The molecule has 2 heterocycles. The van der Waals surface area contributed by atoms with E-state index in [9.17, 15) is 5.11 Å². The van der Waals surface area contributed by atoms with E-state index in [-0.39, 0.29) is 6.10 Å². The Morgan fingerprint density at radius 3 is 2.82 bits per heavy atom. The van der Waals surface area contributed by atoms with Crippen molar-refractivity contribution in [1.82, 2.24) is 0 Å². The summed E-state index contributed by atoms with van der Waals surface area (Å²) in [6.07, 6.45) is -2.42. The predicted molar refractivity (Wildman–Crippen MR) is 80.4 cm³/mol. The van der Waals surface area contributed by atoms with Gasteiger partial charge in [-0.1, -0.05) is 23.7 Å². The molecular formula is C16H21ClO5. The number of fused-ring (bicyclic) bond motifs is 1. The van der Waals surface area contributed by atoms with Gasteiger partial charge >= 0.3 is 0 Å². The molecular weight excluding hydrogens is 308 g/mol. The maximum Gasteiger partial charge on any atom is 0.190 e. The Morgan fingerprint density at radius 2 is 2.14 bits per heavy atom. The summed E-state index contributed by atoms with van der Waals surface area (Å²) in [6.45, 7) is 5.71. The van der Waals surface area contributed by atoms with Crippen LogP contribution in [0.15, 0.2) is 24.3 Å². The van der Waals surface area contributed by atoms with Crippen molar-refractivity contribution in [3.63, 3.8) is 0 Å². The summed E-state index contributed by atoms with van der Waals surface area (Å²) >= 11 is 5.98. The molecule has 1 N–H and O–H groups in total. The van der Waals surface area contributed by atoms with Gasteiger partial charge in [0.15, 0.2) is 12.1 Å². The van der Waals surface area contributed by atoms with Crippen LogP contribution < -0.4 is 0 Å². The van der Waals surface area contributed by atoms with Gasteiger partial charge in [0.05, 0.1) is 12.7 Å². The van der Waals surface area contributed by atoms with Crippen molar-refractivity contribution in [3.8, 4) is 0 Å². The van der Waals surface area contributed by atoms with Crippen molar-refractivity contribution in [2.24, 2.45) is 0 Å². The number of aliphatic hydroxyl groups is 1. The molecule has 22 heavy (non-hydrogen) atoms. The second-order valence-corrected chi connectivity index (χ2v) is 6.65. The summed E-state index contributed by atoms with van der Waals surface area (Å²) in [7, 11) is 0. The molecule has 2 aliphatic heterocycles. The first-order valence-corrected chi connectivity index (χ1v) is 7.79. The van der Waals surface area contributed by atoms with E-state index in [1.54, 1.807) is 6.92 Å². The largest absolute Gasteiger partial charge is 0.391 e. The molecule has 3 rings (SSSR count). The molecule has 2 aliphatic rings. The van der Waals surface area contributed by atoms with E-state index < -0.39 is 30.4 Å². The van der Waals surface area contributed by atoms with Gasteiger partial charge < -0.3 is 24.1 Å². The summed E-state index contributed by atoms with van der Waals surface area (Å²) in [5, 5.41) is 10.6. The topological polar surface area (TPSA) is 57.2 Å². The van der Waals surface area contributed by atoms with Crippen LogP contribution in [-0.2, 0) is 25.6 Å². The molecule has 0 spiro atoms. The highest BCUT2D eigenvalue weighted by Crippen LogP contribution is 2.39. The Bertz CT molecular complexity index is 533. The minimum atomic E-state index is -0.712. The van der Waals surface area contributed by atoms with Gasteiger partial charge in [0, 0.05) is 5.02 Å². The normalized spacial score (nSPS) is 34.6. The van der Waals surface area contributed by atoms with Crippen molar-refractivity contribution in [1.29, 1.82) is 0 Å². The Hall–Kier alpha value is -0.690. The standard InChI is InChI=1S/C16H21ClO5/c1-9(18)12-13(14-15(20-12)22-16(2,3)21-14)19-8-10-5-4-6-11(17)7-10/h4-7,9,12-15,18H,8H2,1-3H3/t9-,12-,13+,14-,15-/m1/s1. The zero-order valence-corrected chi connectivity index (χ0v) is 13.6. The maximum atomic E-state index is 9.91. The number of aliphatic hydroxyl groups excluding tert-OH is 1. The van der Waals surface area contributed by atoms with Crippen LogP contribution in [0.2, 0.25) is 5.02 Å². The average Bonchev–Trinajstić information content (AvgIpc) is 2.88. The SMILES string of the molecule is C[C@@H](O)[C@H]1O[C@@H]2OC(C)(C)O[C@@H]2[C@H]1OCc1cccc(Cl)c1. The van der Waals surface area contributed by atoms with Crippen molar-refractivity contribution < 1.29 is 24.1 Å². The van der Waals surface area contributed by atoms with Gasteiger partial charge in [0.2, 0.25) is 0 Å². The van der Waals surface area contributed by atoms with E-state index in [1.165, 1.54) is 0 Å². The second kappa shape index (κ2) is 6.07. The third kappa shape index (κ3) is 3.30. The van der Waals surface area contributed by atoms with Gasteiger partial charge in [-0.2, -0.15) is 0 Å². The van der Waals surface area contributed by atoms with E-state index in [2.05, 4.69) is 0 Å². The van der Waals surface area contributed by atoms with Crippen LogP contribution in [-0.4, -0.2) is 41.6 Å². The minimum Gasteiger partial charge on any atom is -0.391 e. The van der Waals surface area contributed by atoms with Crippen LogP contribution in [0, 0.1) is 0 Å². The number of ether oxygens (including phenoxy) is 4.